The van der Waals surface area contributed by atoms with Crippen LogP contribution in [0.25, 0.3) is 5.69 Å². The highest BCUT2D eigenvalue weighted by atomic mass is 15.1. The highest BCUT2D eigenvalue weighted by Gasteiger charge is 2.29. The predicted octanol–water partition coefficient (Wildman–Crippen LogP) is 4.20. The zero-order valence-electron chi connectivity index (χ0n) is 15.1. The average molecular weight is 319 g/mol. The summed E-state index contributed by atoms with van der Waals surface area (Å²) in [5, 5.41) is 0. The number of hydrogen-bond acceptors (Lipinski definition) is 0. The van der Waals surface area contributed by atoms with Crippen LogP contribution in [0.5, 0.6) is 0 Å². The Kier molecular flexibility index (Phi) is 4.84. The van der Waals surface area contributed by atoms with Crippen LogP contribution >= 0.6 is 0 Å². The van der Waals surface area contributed by atoms with Crippen LogP contribution in [0.15, 0.2) is 78.4 Å². The molecule has 0 unspecified atom stereocenters. The minimum atomic E-state index is 0.521. The maximum Gasteiger partial charge on any atom is 0.302 e. The molecule has 1 aromatic heterocycles. The van der Waals surface area contributed by atoms with E-state index in [0.717, 1.165) is 6.42 Å². The van der Waals surface area contributed by atoms with Crippen molar-refractivity contribution in [2.45, 2.75) is 34.1 Å². The van der Waals surface area contributed by atoms with Gasteiger partial charge in [0, 0.05) is 36.4 Å². The zero-order chi connectivity index (χ0) is 17.1. The van der Waals surface area contributed by atoms with Crippen molar-refractivity contribution in [1.29, 1.82) is 0 Å². The molecular weight excluding hydrogens is 292 g/mol. The van der Waals surface area contributed by atoms with Gasteiger partial charge in [-0.2, -0.15) is 0 Å². The standard InChI is InChI=1S/C22H27N2/c1-17(2)20-12-9-13-21(18(3)4)22(20)24-15-14-23(16-24)19-10-7-5-6-8-11-19/h5-8,10-18H,9H2,1-4H3/q+1. The highest BCUT2D eigenvalue weighted by molar-refractivity contribution is 5.41. The Morgan fingerprint density at radius 2 is 1.75 bits per heavy atom. The molecule has 0 amide bonds. The number of imidazole rings is 1. The second-order valence-corrected chi connectivity index (χ2v) is 6.97. The van der Waals surface area contributed by atoms with Crippen molar-refractivity contribution in [1.82, 2.24) is 0 Å². The van der Waals surface area contributed by atoms with E-state index in [2.05, 4.69) is 104 Å². The number of hydrogen-bond donors (Lipinski definition) is 0. The molecule has 0 radical (unpaired) electrons. The molecule has 2 aromatic rings. The van der Waals surface area contributed by atoms with Gasteiger partial charge in [-0.1, -0.05) is 34.1 Å². The smallest absolute Gasteiger partial charge is 0.261 e. The van der Waals surface area contributed by atoms with Gasteiger partial charge in [0.05, 0.1) is 0 Å². The molecule has 0 N–H and O–H groups in total. The van der Waals surface area contributed by atoms with Crippen LogP contribution in [0.1, 0.15) is 34.1 Å². The van der Waals surface area contributed by atoms with Crippen molar-refractivity contribution in [3.63, 3.8) is 0 Å². The molecule has 0 aliphatic heterocycles. The number of allylic oxidation sites excluding steroid dienone is 4. The third kappa shape index (κ3) is 3.28. The Balaban J connectivity index is 2.01. The second kappa shape index (κ2) is 7.04. The third-order valence-electron chi connectivity index (χ3n) is 4.53. The van der Waals surface area contributed by atoms with Gasteiger partial charge in [0.25, 0.3) is 0 Å². The highest BCUT2D eigenvalue weighted by Crippen LogP contribution is 2.34. The summed E-state index contributed by atoms with van der Waals surface area (Å²) in [5.74, 6) is 1.04. The topological polar surface area (TPSA) is 7.76 Å². The van der Waals surface area contributed by atoms with E-state index < -0.39 is 0 Å². The summed E-state index contributed by atoms with van der Waals surface area (Å²) in [7, 11) is 0. The monoisotopic (exact) mass is 319 g/mol. The van der Waals surface area contributed by atoms with Crippen molar-refractivity contribution in [2.24, 2.45) is 11.8 Å². The molecule has 0 saturated heterocycles. The van der Waals surface area contributed by atoms with Crippen molar-refractivity contribution < 1.29 is 9.13 Å². The molecule has 2 nitrogen and oxygen atoms in total. The van der Waals surface area contributed by atoms with E-state index in [1.165, 1.54) is 22.9 Å². The Morgan fingerprint density at radius 3 is 2.42 bits per heavy atom. The van der Waals surface area contributed by atoms with Crippen LogP contribution in [0, 0.1) is 17.9 Å². The minimum Gasteiger partial charge on any atom is -0.261 e. The molecule has 1 aliphatic rings. The molecule has 0 bridgehead atoms. The Bertz CT molecular complexity index is 726. The number of rotatable bonds is 4. The van der Waals surface area contributed by atoms with E-state index in [9.17, 15) is 0 Å². The van der Waals surface area contributed by atoms with Gasteiger partial charge in [-0.3, -0.25) is 4.57 Å². The molecule has 1 aromatic carbocycles. The average Bonchev–Trinajstić information content (AvgIpc) is 2.89. The van der Waals surface area contributed by atoms with E-state index in [0.29, 0.717) is 11.8 Å². The van der Waals surface area contributed by atoms with Crippen LogP contribution in [0.3, 0.4) is 0 Å². The fraction of sp³-hybridized carbons (Fsp3) is 0.318. The lowest BCUT2D eigenvalue weighted by Crippen LogP contribution is -2.46. The van der Waals surface area contributed by atoms with Gasteiger partial charge < -0.3 is 0 Å². The third-order valence-corrected chi connectivity index (χ3v) is 4.53. The Morgan fingerprint density at radius 1 is 1.04 bits per heavy atom. The molecular formula is C22H27N2+. The Labute approximate surface area is 145 Å². The molecule has 0 atom stereocenters. The summed E-state index contributed by atoms with van der Waals surface area (Å²) in [4.78, 5) is 0. The predicted molar refractivity (Wildman–Crippen MR) is 97.3 cm³/mol. The van der Waals surface area contributed by atoms with Crippen molar-refractivity contribution in [3.8, 4) is 5.69 Å². The normalized spacial score (nSPS) is 14.8. The first-order chi connectivity index (χ1) is 11.6. The van der Waals surface area contributed by atoms with Crippen LogP contribution in [-0.2, 0) is 0 Å². The van der Waals surface area contributed by atoms with Crippen LogP contribution in [-0.4, -0.2) is 0 Å². The van der Waals surface area contributed by atoms with Gasteiger partial charge in [0.15, 0.2) is 5.69 Å². The zero-order valence-corrected chi connectivity index (χ0v) is 15.1. The van der Waals surface area contributed by atoms with Gasteiger partial charge in [-0.15, -0.1) is 12.2 Å². The first kappa shape index (κ1) is 16.5. The molecule has 0 saturated carbocycles. The molecule has 2 heteroatoms. The lowest BCUT2D eigenvalue weighted by Gasteiger charge is -2.30. The summed E-state index contributed by atoms with van der Waals surface area (Å²) >= 11 is 0. The van der Waals surface area contributed by atoms with E-state index in [1.54, 1.807) is 0 Å². The van der Waals surface area contributed by atoms with Gasteiger partial charge in [-0.25, -0.2) is 4.57 Å². The van der Waals surface area contributed by atoms with E-state index in [1.807, 2.05) is 0 Å². The largest absolute Gasteiger partial charge is 0.302 e. The summed E-state index contributed by atoms with van der Waals surface area (Å²) in [6.07, 6.45) is 12.3. The maximum atomic E-state index is 2.37. The first-order valence-electron chi connectivity index (χ1n) is 8.84. The van der Waals surface area contributed by atoms with Crippen molar-refractivity contribution >= 4 is 0 Å². The fourth-order valence-corrected chi connectivity index (χ4v) is 3.29. The maximum absolute atomic E-state index is 2.37. The molecule has 3 rings (SSSR count). The lowest BCUT2D eigenvalue weighted by atomic mass is 9.81. The molecule has 0 fully saturated rings. The summed E-state index contributed by atoms with van der Waals surface area (Å²) in [6.45, 7) is 9.13. The molecule has 0 spiro atoms. The fourth-order valence-electron chi connectivity index (χ4n) is 3.29. The van der Waals surface area contributed by atoms with Gasteiger partial charge in [-0.05, 0) is 23.0 Å². The van der Waals surface area contributed by atoms with Gasteiger partial charge in [0.2, 0.25) is 0 Å². The van der Waals surface area contributed by atoms with Crippen molar-refractivity contribution in [3.05, 3.63) is 84.5 Å². The first-order valence-corrected chi connectivity index (χ1v) is 8.84. The van der Waals surface area contributed by atoms with Crippen LogP contribution < -0.4 is 9.13 Å². The van der Waals surface area contributed by atoms with Gasteiger partial charge >= 0.3 is 6.33 Å². The summed E-state index contributed by atoms with van der Waals surface area (Å²) < 4.78 is 4.46. The minimum absolute atomic E-state index is 0.521. The summed E-state index contributed by atoms with van der Waals surface area (Å²) in [6, 6.07) is 13.9. The van der Waals surface area contributed by atoms with Crippen molar-refractivity contribution in [2.75, 3.05) is 0 Å². The van der Waals surface area contributed by atoms with Crippen LogP contribution in [0.2, 0.25) is 0 Å². The molecule has 24 heavy (non-hydrogen) atoms. The molecule has 124 valence electrons. The van der Waals surface area contributed by atoms with E-state index in [-0.39, 0.29) is 0 Å². The quantitative estimate of drug-likeness (QED) is 0.589. The lowest BCUT2D eigenvalue weighted by molar-refractivity contribution is -0.728. The molecule has 1 aliphatic carbocycles. The molecule has 1 heterocycles. The van der Waals surface area contributed by atoms with Gasteiger partial charge in [0.1, 0.15) is 18.4 Å². The second-order valence-electron chi connectivity index (χ2n) is 6.97. The van der Waals surface area contributed by atoms with Crippen LogP contribution in [0.4, 0.5) is 0 Å². The Hall–Kier alpha value is -2.35. The number of aromatic nitrogens is 2. The number of nitrogens with zero attached hydrogens (tertiary/aromatic N) is 2. The summed E-state index contributed by atoms with van der Waals surface area (Å²) in [5.41, 5.74) is 4.06. The van der Waals surface area contributed by atoms with E-state index >= 15 is 0 Å². The van der Waals surface area contributed by atoms with E-state index in [4.69, 9.17) is 0 Å². The SMILES string of the molecule is CC(C)C1=CCC=C(C(C)C)[C-]1[n+]1c[cH-][n+](-c2ccc[cH+]cc2)c1.